The zero-order valence-electron chi connectivity index (χ0n) is 30.4. The highest BCUT2D eigenvalue weighted by molar-refractivity contribution is 6.13. The van der Waals surface area contributed by atoms with Crippen molar-refractivity contribution in [3.8, 4) is 51.0 Å². The summed E-state index contributed by atoms with van der Waals surface area (Å²) in [5, 5.41) is 6.43. The van der Waals surface area contributed by atoms with E-state index in [-0.39, 0.29) is 0 Å². The number of benzene rings is 8. The Kier molecular flexibility index (Phi) is 6.83. The summed E-state index contributed by atoms with van der Waals surface area (Å²) in [5.41, 5.74) is 11.3. The van der Waals surface area contributed by atoms with E-state index in [4.69, 9.17) is 23.8 Å². The Morgan fingerprint density at radius 3 is 1.84 bits per heavy atom. The summed E-state index contributed by atoms with van der Waals surface area (Å²) in [6, 6.07) is 62.8. The Hall–Kier alpha value is -7.83. The molecule has 0 spiro atoms. The highest BCUT2D eigenvalue weighted by Crippen LogP contribution is 2.40. The molecule has 12 rings (SSSR count). The summed E-state index contributed by atoms with van der Waals surface area (Å²) in [6.07, 6.45) is 0. The molecule has 0 atom stereocenters. The van der Waals surface area contributed by atoms with Crippen molar-refractivity contribution in [1.82, 2.24) is 19.5 Å². The fourth-order valence-corrected chi connectivity index (χ4v) is 8.48. The van der Waals surface area contributed by atoms with Gasteiger partial charge < -0.3 is 13.4 Å². The number of furan rings is 2. The summed E-state index contributed by atoms with van der Waals surface area (Å²) in [7, 11) is 0. The lowest BCUT2D eigenvalue weighted by atomic mass is 10.0. The van der Waals surface area contributed by atoms with Crippen molar-refractivity contribution in [1.29, 1.82) is 0 Å². The van der Waals surface area contributed by atoms with Crippen LogP contribution < -0.4 is 0 Å². The molecule has 0 N–H and O–H groups in total. The van der Waals surface area contributed by atoms with Gasteiger partial charge in [-0.2, -0.15) is 0 Å². The Morgan fingerprint density at radius 2 is 0.965 bits per heavy atom. The molecule has 6 nitrogen and oxygen atoms in total. The van der Waals surface area contributed by atoms with Gasteiger partial charge in [0.15, 0.2) is 17.5 Å². The van der Waals surface area contributed by atoms with Crippen LogP contribution in [0.4, 0.5) is 0 Å². The summed E-state index contributed by atoms with van der Waals surface area (Å²) in [4.78, 5) is 15.7. The second-order valence-corrected chi connectivity index (χ2v) is 14.4. The number of aromatic nitrogens is 4. The van der Waals surface area contributed by atoms with Crippen molar-refractivity contribution < 1.29 is 8.83 Å². The van der Waals surface area contributed by atoms with Gasteiger partial charge in [-0.15, -0.1) is 0 Å². The molecular formula is C51H30N4O2. The molecule has 0 aliphatic rings. The van der Waals surface area contributed by atoms with Crippen LogP contribution in [0.5, 0.6) is 0 Å². The van der Waals surface area contributed by atoms with Gasteiger partial charge in [-0.1, -0.05) is 127 Å². The highest BCUT2D eigenvalue weighted by atomic mass is 16.3. The molecule has 0 aliphatic carbocycles. The van der Waals surface area contributed by atoms with Crippen LogP contribution in [0.3, 0.4) is 0 Å². The summed E-state index contributed by atoms with van der Waals surface area (Å²) < 4.78 is 15.2. The highest BCUT2D eigenvalue weighted by Gasteiger charge is 2.21. The second kappa shape index (κ2) is 12.3. The first kappa shape index (κ1) is 31.5. The van der Waals surface area contributed by atoms with E-state index in [0.29, 0.717) is 17.5 Å². The maximum absolute atomic E-state index is 6.51. The van der Waals surface area contributed by atoms with Gasteiger partial charge in [0, 0.05) is 49.1 Å². The summed E-state index contributed by atoms with van der Waals surface area (Å²) in [5.74, 6) is 1.64. The minimum absolute atomic E-state index is 0.528. The van der Waals surface area contributed by atoms with Gasteiger partial charge in [-0.25, -0.2) is 15.0 Å². The van der Waals surface area contributed by atoms with E-state index in [0.717, 1.165) is 77.3 Å². The van der Waals surface area contributed by atoms with Gasteiger partial charge in [0.2, 0.25) is 0 Å². The average molecular weight is 731 g/mol. The van der Waals surface area contributed by atoms with Crippen LogP contribution in [0.1, 0.15) is 0 Å². The SMILES string of the molecule is c1ccc(-c2ccc3c(c2)c2ccccc2n3-c2cccc(-c3nc(-c4cccc5c4oc4ccccc45)nc(-c4cccc5oc6ccccc6c45)n3)c2)cc1. The molecule has 12 aromatic rings. The lowest BCUT2D eigenvalue weighted by molar-refractivity contribution is 0.668. The fraction of sp³-hybridized carbons (Fsp3) is 0. The summed E-state index contributed by atoms with van der Waals surface area (Å²) in [6.45, 7) is 0. The monoisotopic (exact) mass is 730 g/mol. The quantitative estimate of drug-likeness (QED) is 0.176. The fourth-order valence-electron chi connectivity index (χ4n) is 8.48. The van der Waals surface area contributed by atoms with Crippen LogP contribution in [-0.4, -0.2) is 19.5 Å². The molecule has 4 heterocycles. The Morgan fingerprint density at radius 1 is 0.351 bits per heavy atom. The molecule has 0 saturated heterocycles. The number of nitrogens with zero attached hydrogens (tertiary/aromatic N) is 4. The molecule has 4 aromatic heterocycles. The maximum atomic E-state index is 6.51. The Labute approximate surface area is 325 Å². The van der Waals surface area contributed by atoms with E-state index in [1.165, 1.54) is 21.9 Å². The second-order valence-electron chi connectivity index (χ2n) is 14.4. The molecule has 0 amide bonds. The van der Waals surface area contributed by atoms with Crippen LogP contribution in [0.2, 0.25) is 0 Å². The molecule has 0 aliphatic heterocycles. The zero-order chi connectivity index (χ0) is 37.5. The number of fused-ring (bicyclic) bond motifs is 9. The van der Waals surface area contributed by atoms with Crippen molar-refractivity contribution in [2.75, 3.05) is 0 Å². The maximum Gasteiger partial charge on any atom is 0.167 e. The third-order valence-electron chi connectivity index (χ3n) is 11.1. The lowest BCUT2D eigenvalue weighted by Crippen LogP contribution is -2.01. The first-order valence-electron chi connectivity index (χ1n) is 19.0. The molecule has 266 valence electrons. The van der Waals surface area contributed by atoms with Crippen LogP contribution in [-0.2, 0) is 0 Å². The molecular weight excluding hydrogens is 701 g/mol. The smallest absolute Gasteiger partial charge is 0.167 e. The van der Waals surface area contributed by atoms with Crippen molar-refractivity contribution in [2.45, 2.75) is 0 Å². The molecule has 0 radical (unpaired) electrons. The molecule has 57 heavy (non-hydrogen) atoms. The average Bonchev–Trinajstić information content (AvgIpc) is 3.96. The largest absolute Gasteiger partial charge is 0.456 e. The molecule has 8 aromatic carbocycles. The van der Waals surface area contributed by atoms with Crippen LogP contribution in [0.25, 0.3) is 117 Å². The predicted octanol–water partition coefficient (Wildman–Crippen LogP) is 13.4. The van der Waals surface area contributed by atoms with Crippen molar-refractivity contribution in [3.05, 3.63) is 182 Å². The van der Waals surface area contributed by atoms with Gasteiger partial charge in [-0.05, 0) is 65.7 Å². The van der Waals surface area contributed by atoms with Crippen molar-refractivity contribution in [2.24, 2.45) is 0 Å². The minimum atomic E-state index is 0.528. The third-order valence-corrected chi connectivity index (χ3v) is 11.1. The topological polar surface area (TPSA) is 69.9 Å². The van der Waals surface area contributed by atoms with Crippen LogP contribution in [0, 0.1) is 0 Å². The molecule has 6 heteroatoms. The van der Waals surface area contributed by atoms with Gasteiger partial charge in [0.1, 0.15) is 22.3 Å². The first-order chi connectivity index (χ1) is 28.2. The molecule has 0 fully saturated rings. The van der Waals surface area contributed by atoms with E-state index in [1.54, 1.807) is 0 Å². The normalized spacial score (nSPS) is 11.9. The van der Waals surface area contributed by atoms with Crippen LogP contribution >= 0.6 is 0 Å². The van der Waals surface area contributed by atoms with Gasteiger partial charge in [-0.3, -0.25) is 0 Å². The van der Waals surface area contributed by atoms with E-state index in [2.05, 4.69) is 126 Å². The van der Waals surface area contributed by atoms with E-state index < -0.39 is 0 Å². The third kappa shape index (κ3) is 4.94. The standard InChI is InChI=1S/C51H30N4O2/c1-2-13-31(14-3-1)32-27-28-43-41(30-32)35-17-4-7-23-42(35)55(43)34-16-10-15-33(29-34)49-52-50(39-21-12-26-46-47(39)38-19-6-9-25-45(38)56-46)54-51(53-49)40-22-11-20-37-36-18-5-8-24-44(36)57-48(37)40/h1-30H. The molecule has 0 unspecified atom stereocenters. The molecule has 0 bridgehead atoms. The number of rotatable bonds is 5. The predicted molar refractivity (Wildman–Crippen MR) is 230 cm³/mol. The lowest BCUT2D eigenvalue weighted by Gasteiger charge is -2.12. The van der Waals surface area contributed by atoms with E-state index in [1.807, 2.05) is 60.7 Å². The van der Waals surface area contributed by atoms with Gasteiger partial charge >= 0.3 is 0 Å². The Balaban J connectivity index is 1.09. The van der Waals surface area contributed by atoms with Gasteiger partial charge in [0.05, 0.1) is 16.6 Å². The number of para-hydroxylation sites is 4. The molecule has 0 saturated carbocycles. The number of hydrogen-bond acceptors (Lipinski definition) is 5. The van der Waals surface area contributed by atoms with E-state index in [9.17, 15) is 0 Å². The van der Waals surface area contributed by atoms with Crippen molar-refractivity contribution >= 4 is 65.7 Å². The minimum Gasteiger partial charge on any atom is -0.456 e. The summed E-state index contributed by atoms with van der Waals surface area (Å²) >= 11 is 0. The number of hydrogen-bond donors (Lipinski definition) is 0. The van der Waals surface area contributed by atoms with Crippen LogP contribution in [0.15, 0.2) is 191 Å². The van der Waals surface area contributed by atoms with Crippen molar-refractivity contribution in [3.63, 3.8) is 0 Å². The Bertz CT molecular complexity index is 3540. The zero-order valence-corrected chi connectivity index (χ0v) is 30.4. The first-order valence-corrected chi connectivity index (χ1v) is 19.0. The van der Waals surface area contributed by atoms with E-state index >= 15 is 0 Å². The van der Waals surface area contributed by atoms with Gasteiger partial charge in [0.25, 0.3) is 0 Å².